The van der Waals surface area contributed by atoms with Gasteiger partial charge >= 0.3 is 0 Å². The van der Waals surface area contributed by atoms with Gasteiger partial charge in [0, 0.05) is 20.3 Å². The molecule has 0 aromatic heterocycles. The monoisotopic (exact) mass is 177 g/mol. The number of nitrogens with one attached hydrogen (secondary N) is 1. The third kappa shape index (κ3) is 22.5. The molecule has 3 nitrogen and oxygen atoms in total. The molecule has 0 atom stereocenters. The fourth-order valence-corrected chi connectivity index (χ4v) is 0.585. The van der Waals surface area contributed by atoms with E-state index in [1.165, 1.54) is 0 Å². The first kappa shape index (κ1) is 14.4. The molecule has 0 heterocycles. The van der Waals surface area contributed by atoms with Crippen LogP contribution in [-0.2, 0) is 4.74 Å². The second-order valence-electron chi connectivity index (χ2n) is 2.42. The van der Waals surface area contributed by atoms with Gasteiger partial charge in [-0.2, -0.15) is 0 Å². The van der Waals surface area contributed by atoms with Crippen LogP contribution in [0, 0.1) is 0 Å². The summed E-state index contributed by atoms with van der Waals surface area (Å²) in [4.78, 5) is 0. The zero-order valence-corrected chi connectivity index (χ0v) is 8.60. The Labute approximate surface area is 76.1 Å². The van der Waals surface area contributed by atoms with E-state index in [1.807, 2.05) is 0 Å². The Morgan fingerprint density at radius 2 is 2.00 bits per heavy atom. The minimum atomic E-state index is 0.299. The van der Waals surface area contributed by atoms with Gasteiger partial charge in [-0.1, -0.05) is 13.8 Å². The van der Waals surface area contributed by atoms with Gasteiger partial charge in [0.2, 0.25) is 0 Å². The Balaban J connectivity index is 0. The van der Waals surface area contributed by atoms with Crippen molar-refractivity contribution in [2.45, 2.75) is 26.7 Å². The molecule has 0 spiro atoms. The molecule has 0 rings (SSSR count). The van der Waals surface area contributed by atoms with Gasteiger partial charge in [-0.05, 0) is 25.9 Å². The lowest BCUT2D eigenvalue weighted by molar-refractivity contribution is 0.199. The highest BCUT2D eigenvalue weighted by Gasteiger charge is 1.78. The summed E-state index contributed by atoms with van der Waals surface area (Å²) in [5.41, 5.74) is 0. The average Bonchev–Trinajstić information content (AvgIpc) is 2.08. The first-order chi connectivity index (χ1) is 5.83. The van der Waals surface area contributed by atoms with E-state index in [4.69, 9.17) is 9.84 Å². The summed E-state index contributed by atoms with van der Waals surface area (Å²) in [6, 6.07) is 0. The Hall–Kier alpha value is -0.120. The number of ether oxygens (including phenoxy) is 1. The molecule has 3 heteroatoms. The molecule has 0 bridgehead atoms. The van der Waals surface area contributed by atoms with E-state index in [9.17, 15) is 0 Å². The number of hydrogen-bond donors (Lipinski definition) is 2. The molecule has 0 aliphatic carbocycles. The van der Waals surface area contributed by atoms with Crippen molar-refractivity contribution >= 4 is 0 Å². The molecule has 0 aromatic carbocycles. The van der Waals surface area contributed by atoms with Crippen LogP contribution in [-0.4, -0.2) is 38.5 Å². The number of aliphatic hydroxyl groups is 1. The highest BCUT2D eigenvalue weighted by Crippen LogP contribution is 1.70. The molecule has 0 fully saturated rings. The van der Waals surface area contributed by atoms with Crippen LogP contribution < -0.4 is 5.32 Å². The van der Waals surface area contributed by atoms with Gasteiger partial charge in [0.15, 0.2) is 0 Å². The van der Waals surface area contributed by atoms with Crippen molar-refractivity contribution in [3.63, 3.8) is 0 Å². The van der Waals surface area contributed by atoms with Crippen LogP contribution >= 0.6 is 0 Å². The first-order valence-electron chi connectivity index (χ1n) is 4.63. The van der Waals surface area contributed by atoms with E-state index in [0.29, 0.717) is 6.61 Å². The largest absolute Gasteiger partial charge is 0.396 e. The molecule has 76 valence electrons. The normalized spacial score (nSPS) is 9.00. The van der Waals surface area contributed by atoms with Crippen molar-refractivity contribution < 1.29 is 9.84 Å². The maximum absolute atomic E-state index is 8.25. The Bertz CT molecular complexity index is 54.5. The Kier molecular flexibility index (Phi) is 20.5. The van der Waals surface area contributed by atoms with E-state index in [2.05, 4.69) is 19.2 Å². The number of methoxy groups -OCH3 is 1. The molecule has 0 aliphatic rings. The number of rotatable bonds is 6. The minimum absolute atomic E-state index is 0.299. The summed E-state index contributed by atoms with van der Waals surface area (Å²) in [6.07, 6.45) is 1.99. The van der Waals surface area contributed by atoms with Crippen molar-refractivity contribution in [2.24, 2.45) is 0 Å². The van der Waals surface area contributed by atoms with Crippen LogP contribution in [0.5, 0.6) is 0 Å². The maximum Gasteiger partial charge on any atom is 0.0459 e. The highest BCUT2D eigenvalue weighted by molar-refractivity contribution is 4.39. The van der Waals surface area contributed by atoms with E-state index in [-0.39, 0.29) is 0 Å². The van der Waals surface area contributed by atoms with Gasteiger partial charge in [0.25, 0.3) is 0 Å². The van der Waals surface area contributed by atoms with Crippen molar-refractivity contribution in [2.75, 3.05) is 33.4 Å². The smallest absolute Gasteiger partial charge is 0.0459 e. The van der Waals surface area contributed by atoms with Crippen LogP contribution in [0.3, 0.4) is 0 Å². The van der Waals surface area contributed by atoms with Gasteiger partial charge in [0.05, 0.1) is 0 Å². The van der Waals surface area contributed by atoms with Crippen LogP contribution in [0.4, 0.5) is 0 Å². The van der Waals surface area contributed by atoms with Crippen LogP contribution in [0.25, 0.3) is 0 Å². The van der Waals surface area contributed by atoms with Crippen LogP contribution in [0.2, 0.25) is 0 Å². The highest BCUT2D eigenvalue weighted by atomic mass is 16.5. The summed E-state index contributed by atoms with van der Waals surface area (Å²) in [7, 11) is 1.71. The molecule has 0 amide bonds. The van der Waals surface area contributed by atoms with Gasteiger partial charge in [-0.3, -0.25) is 0 Å². The Morgan fingerprint density at radius 3 is 2.25 bits per heavy atom. The standard InChI is InChI=1S/C5H13NO.C4H10O/c1-2-6-4-3-5-7;1-3-4-5-2/h6-7H,2-5H2,1H3;3-4H2,1-2H3. The van der Waals surface area contributed by atoms with E-state index in [1.54, 1.807) is 7.11 Å². The minimum Gasteiger partial charge on any atom is -0.396 e. The van der Waals surface area contributed by atoms with Gasteiger partial charge in [0.1, 0.15) is 0 Å². The molecular weight excluding hydrogens is 154 g/mol. The van der Waals surface area contributed by atoms with Crippen molar-refractivity contribution in [1.82, 2.24) is 5.32 Å². The summed E-state index contributed by atoms with van der Waals surface area (Å²) in [5.74, 6) is 0. The molecule has 0 aromatic rings. The number of hydrogen-bond acceptors (Lipinski definition) is 3. The molecule has 12 heavy (non-hydrogen) atoms. The molecule has 2 N–H and O–H groups in total. The van der Waals surface area contributed by atoms with Gasteiger partial charge in [-0.15, -0.1) is 0 Å². The average molecular weight is 177 g/mol. The summed E-state index contributed by atoms with van der Waals surface area (Å²) in [5, 5.41) is 11.3. The topological polar surface area (TPSA) is 41.5 Å². The molecule has 0 radical (unpaired) electrons. The quantitative estimate of drug-likeness (QED) is 0.595. The van der Waals surface area contributed by atoms with Crippen LogP contribution in [0.1, 0.15) is 26.7 Å². The van der Waals surface area contributed by atoms with Gasteiger partial charge < -0.3 is 15.2 Å². The first-order valence-corrected chi connectivity index (χ1v) is 4.63. The van der Waals surface area contributed by atoms with Crippen molar-refractivity contribution in [3.05, 3.63) is 0 Å². The van der Waals surface area contributed by atoms with Crippen molar-refractivity contribution in [1.29, 1.82) is 0 Å². The second-order valence-corrected chi connectivity index (χ2v) is 2.42. The lowest BCUT2D eigenvalue weighted by atomic mass is 10.4. The summed E-state index contributed by atoms with van der Waals surface area (Å²) in [6.45, 7) is 7.26. The second kappa shape index (κ2) is 17.1. The van der Waals surface area contributed by atoms with E-state index in [0.717, 1.165) is 32.5 Å². The molecule has 0 aliphatic heterocycles. The molecule has 0 saturated heterocycles. The maximum atomic E-state index is 8.25. The van der Waals surface area contributed by atoms with Crippen molar-refractivity contribution in [3.8, 4) is 0 Å². The van der Waals surface area contributed by atoms with E-state index >= 15 is 0 Å². The lowest BCUT2D eigenvalue weighted by Gasteiger charge is -1.94. The van der Waals surface area contributed by atoms with E-state index < -0.39 is 0 Å². The Morgan fingerprint density at radius 1 is 1.33 bits per heavy atom. The zero-order valence-electron chi connectivity index (χ0n) is 8.60. The third-order valence-electron chi connectivity index (χ3n) is 1.17. The SMILES string of the molecule is CCCOC.CCNCCCO. The third-order valence-corrected chi connectivity index (χ3v) is 1.17. The van der Waals surface area contributed by atoms with Gasteiger partial charge in [-0.25, -0.2) is 0 Å². The fourth-order valence-electron chi connectivity index (χ4n) is 0.585. The lowest BCUT2D eigenvalue weighted by Crippen LogP contribution is -2.14. The van der Waals surface area contributed by atoms with Crippen LogP contribution in [0.15, 0.2) is 0 Å². The molecule has 0 unspecified atom stereocenters. The predicted molar refractivity (Wildman–Crippen MR) is 52.4 cm³/mol. The predicted octanol–water partition coefficient (Wildman–Crippen LogP) is 1.02. The fraction of sp³-hybridized carbons (Fsp3) is 1.00. The molecular formula is C9H23NO2. The number of aliphatic hydroxyl groups excluding tert-OH is 1. The summed E-state index contributed by atoms with van der Waals surface area (Å²) < 4.78 is 4.69. The summed E-state index contributed by atoms with van der Waals surface area (Å²) >= 11 is 0. The zero-order chi connectivity index (χ0) is 9.66. The molecule has 0 saturated carbocycles.